The molecule has 10 rings (SSSR count). The van der Waals surface area contributed by atoms with Gasteiger partial charge in [-0.05, 0) is 188 Å². The summed E-state index contributed by atoms with van der Waals surface area (Å²) in [5.74, 6) is 0.779. The summed E-state index contributed by atoms with van der Waals surface area (Å²) in [5, 5.41) is 0. The molecule has 2 aliphatic heterocycles. The Labute approximate surface area is 502 Å². The van der Waals surface area contributed by atoms with Crippen molar-refractivity contribution in [2.24, 2.45) is 11.3 Å². The van der Waals surface area contributed by atoms with E-state index in [1.54, 1.807) is 30.3 Å². The molecule has 0 radical (unpaired) electrons. The zero-order valence-corrected chi connectivity index (χ0v) is 49.5. The Morgan fingerprint density at radius 2 is 0.793 bits per heavy atom. The summed E-state index contributed by atoms with van der Waals surface area (Å²) < 4.78 is 115. The second-order valence-corrected chi connectivity index (χ2v) is 23.1. The number of imide groups is 2. The van der Waals surface area contributed by atoms with Crippen LogP contribution in [0, 0.1) is 11.3 Å². The number of anilines is 1. The first-order chi connectivity index (χ1) is 41.3. The number of fused-ring (bicyclic) bond motifs is 2. The third-order valence-corrected chi connectivity index (χ3v) is 18.5. The first-order valence-corrected chi connectivity index (χ1v) is 29.2. The van der Waals surface area contributed by atoms with Crippen LogP contribution in [-0.4, -0.2) is 46.4 Å². The molecular formula is C71H66F6N2O8. The average Bonchev–Trinajstić information content (AvgIpc) is 1.61. The van der Waals surface area contributed by atoms with Crippen LogP contribution in [0.1, 0.15) is 158 Å². The van der Waals surface area contributed by atoms with Gasteiger partial charge in [-0.15, -0.1) is 0 Å². The average molecular weight is 1190 g/mol. The summed E-state index contributed by atoms with van der Waals surface area (Å²) in [6.07, 6.45) is -1.32. The maximum absolute atomic E-state index is 15.1. The molecule has 16 heteroatoms. The molecular weight excluding hydrogens is 1120 g/mol. The van der Waals surface area contributed by atoms with Crippen LogP contribution in [-0.2, 0) is 10.8 Å². The number of amides is 4. The molecule has 7 aromatic rings. The Bertz CT molecular complexity index is 3790. The van der Waals surface area contributed by atoms with Crippen molar-refractivity contribution in [3.63, 3.8) is 0 Å². The van der Waals surface area contributed by atoms with E-state index in [4.69, 9.17) is 18.9 Å². The largest absolute Gasteiger partial charge is 0.458 e. The highest BCUT2D eigenvalue weighted by Gasteiger charge is 2.72. The van der Waals surface area contributed by atoms with Crippen LogP contribution < -0.4 is 23.8 Å². The van der Waals surface area contributed by atoms with Gasteiger partial charge in [0.2, 0.25) is 5.41 Å². The number of alkyl halides is 6. The van der Waals surface area contributed by atoms with Crippen LogP contribution in [0.15, 0.2) is 182 Å². The second kappa shape index (κ2) is 23.4. The maximum Gasteiger partial charge on any atom is 0.411 e. The molecule has 4 amide bonds. The zero-order valence-electron chi connectivity index (χ0n) is 49.5. The minimum absolute atomic E-state index is 0.0728. The predicted molar refractivity (Wildman–Crippen MR) is 320 cm³/mol. The third kappa shape index (κ3) is 11.1. The third-order valence-electron chi connectivity index (χ3n) is 18.5. The van der Waals surface area contributed by atoms with Crippen LogP contribution in [0.4, 0.5) is 32.0 Å². The summed E-state index contributed by atoms with van der Waals surface area (Å²) in [4.78, 5) is 56.7. The molecule has 0 aromatic heterocycles. The molecule has 7 aromatic carbocycles. The van der Waals surface area contributed by atoms with Crippen molar-refractivity contribution in [1.82, 2.24) is 4.90 Å². The Balaban J connectivity index is 0.771. The summed E-state index contributed by atoms with van der Waals surface area (Å²) >= 11 is 0. The monoisotopic (exact) mass is 1190 g/mol. The minimum atomic E-state index is -5.82. The highest BCUT2D eigenvalue weighted by atomic mass is 19.4. The van der Waals surface area contributed by atoms with E-state index < -0.39 is 51.7 Å². The number of carbonyl (C=O) groups excluding carboxylic acids is 4. The predicted octanol–water partition coefficient (Wildman–Crippen LogP) is 18.8. The molecule has 0 N–H and O–H groups in total. The van der Waals surface area contributed by atoms with Crippen LogP contribution in [0.5, 0.6) is 40.2 Å². The lowest BCUT2D eigenvalue weighted by Gasteiger charge is -2.38. The molecule has 450 valence electrons. The molecule has 87 heavy (non-hydrogen) atoms. The lowest BCUT2D eigenvalue weighted by molar-refractivity contribution is -0.288. The molecule has 2 atom stereocenters. The first-order valence-electron chi connectivity index (χ1n) is 29.2. The van der Waals surface area contributed by atoms with Gasteiger partial charge >= 0.3 is 12.4 Å². The number of hydrogen-bond donors (Lipinski definition) is 0. The van der Waals surface area contributed by atoms with E-state index in [1.165, 1.54) is 41.3 Å². The number of ether oxygens (including phenoxy) is 4. The summed E-state index contributed by atoms with van der Waals surface area (Å²) in [7, 11) is 0. The fraction of sp³-hybridized carbons (Fsp3) is 0.296. The molecule has 2 unspecified atom stereocenters. The van der Waals surface area contributed by atoms with E-state index in [0.717, 1.165) is 83.8 Å². The van der Waals surface area contributed by atoms with Crippen LogP contribution in [0.3, 0.4) is 0 Å². The highest BCUT2D eigenvalue weighted by Crippen LogP contribution is 2.57. The summed E-state index contributed by atoms with van der Waals surface area (Å²) in [6.45, 7) is 16.5. The first kappa shape index (κ1) is 61.2. The van der Waals surface area contributed by atoms with E-state index >= 15 is 26.3 Å². The SMILES string of the molecule is CCC(C)(c1ccc(Oc2ccc3c(c2)C(=O)N(c2ccc(Oc4ccc(C(c5ccc(OC6=CCC(C(C)(CC)CC)C=C6)cc5)(C(F)(F)F)C(F)(F)F)cc4)cc2)C3=O)cc1)c1ccc(Oc2ccc3c(c2)C(=O)N(C(C)(CC)CC)C3=O)cc1. The van der Waals surface area contributed by atoms with E-state index in [0.29, 0.717) is 59.1 Å². The van der Waals surface area contributed by atoms with Crippen LogP contribution >= 0.6 is 0 Å². The van der Waals surface area contributed by atoms with Gasteiger partial charge in [0.05, 0.1) is 27.9 Å². The van der Waals surface area contributed by atoms with Crippen molar-refractivity contribution in [2.45, 2.75) is 123 Å². The number of benzene rings is 7. The molecule has 3 aliphatic rings. The van der Waals surface area contributed by atoms with E-state index in [2.05, 4.69) is 34.6 Å². The molecule has 0 spiro atoms. The molecule has 0 fully saturated rings. The second-order valence-electron chi connectivity index (χ2n) is 23.1. The van der Waals surface area contributed by atoms with Gasteiger partial charge in [0.1, 0.15) is 46.0 Å². The van der Waals surface area contributed by atoms with Gasteiger partial charge in [-0.25, -0.2) is 4.90 Å². The number of allylic oxidation sites excluding steroid dienone is 3. The number of hydrogen-bond acceptors (Lipinski definition) is 8. The van der Waals surface area contributed by atoms with Gasteiger partial charge in [0, 0.05) is 11.0 Å². The smallest absolute Gasteiger partial charge is 0.411 e. The van der Waals surface area contributed by atoms with Crippen molar-refractivity contribution in [3.05, 3.63) is 226 Å². The lowest BCUT2D eigenvalue weighted by atomic mass is 9.70. The Morgan fingerprint density at radius 1 is 0.425 bits per heavy atom. The van der Waals surface area contributed by atoms with Gasteiger partial charge in [-0.3, -0.25) is 24.1 Å². The maximum atomic E-state index is 15.1. The fourth-order valence-corrected chi connectivity index (χ4v) is 11.9. The summed E-state index contributed by atoms with van der Waals surface area (Å²) in [6, 6.07) is 37.8. The van der Waals surface area contributed by atoms with Gasteiger partial charge in [0.25, 0.3) is 23.6 Å². The molecule has 0 saturated heterocycles. The zero-order chi connectivity index (χ0) is 62.4. The quantitative estimate of drug-likeness (QED) is 0.0548. The standard InChI is InChI=1S/C71H66F6N2O8/c1-9-66(6,10-2)44-14-26-50(27-15-44)84-51-32-20-47(21-33-51)69(70(72,73)74,71(75,76)77)48-22-34-52(35-23-48)85-55-36-24-49(25-37-55)78-62(80)58-40-38-56(42-60(58)63(78)81)86-53-28-16-45(17-29-53)68(8,13-5)46-18-30-54(31-19-46)87-57-39-41-59-61(43-57)65(83)79(64(59)82)67(7,11-3)12-4/h14,16-44H,9-13,15H2,1-8H3. The number of rotatable bonds is 20. The Hall–Kier alpha value is -8.92. The van der Waals surface area contributed by atoms with E-state index in [1.807, 2.05) is 81.5 Å². The number of halogens is 6. The lowest BCUT2D eigenvalue weighted by Crippen LogP contribution is -2.54. The minimum Gasteiger partial charge on any atom is -0.458 e. The van der Waals surface area contributed by atoms with Crippen molar-refractivity contribution < 1.29 is 64.5 Å². The molecule has 2 heterocycles. The molecule has 0 bridgehead atoms. The van der Waals surface area contributed by atoms with Gasteiger partial charge in [0.15, 0.2) is 0 Å². The molecule has 1 aliphatic carbocycles. The summed E-state index contributed by atoms with van der Waals surface area (Å²) in [5.41, 5.74) is -4.33. The Morgan fingerprint density at radius 3 is 1.20 bits per heavy atom. The molecule has 0 saturated carbocycles. The highest BCUT2D eigenvalue weighted by molar-refractivity contribution is 6.34. The molecule has 10 nitrogen and oxygen atoms in total. The number of nitrogens with zero attached hydrogens (tertiary/aromatic N) is 2. The van der Waals surface area contributed by atoms with E-state index in [9.17, 15) is 19.2 Å². The van der Waals surface area contributed by atoms with Crippen molar-refractivity contribution >= 4 is 29.3 Å². The number of carbonyl (C=O) groups is 4. The van der Waals surface area contributed by atoms with E-state index in [-0.39, 0.29) is 57.2 Å². The van der Waals surface area contributed by atoms with Crippen molar-refractivity contribution in [1.29, 1.82) is 0 Å². The Kier molecular flexibility index (Phi) is 16.5. The van der Waals surface area contributed by atoms with Crippen molar-refractivity contribution in [2.75, 3.05) is 4.90 Å². The van der Waals surface area contributed by atoms with Gasteiger partial charge in [-0.1, -0.05) is 116 Å². The normalized spacial score (nSPS) is 16.2. The van der Waals surface area contributed by atoms with Gasteiger partial charge in [-0.2, -0.15) is 26.3 Å². The van der Waals surface area contributed by atoms with Crippen LogP contribution in [0.25, 0.3) is 0 Å². The topological polar surface area (TPSA) is 112 Å². The van der Waals surface area contributed by atoms with Crippen molar-refractivity contribution in [3.8, 4) is 40.2 Å². The fourth-order valence-electron chi connectivity index (χ4n) is 11.9. The van der Waals surface area contributed by atoms with Crippen LogP contribution in [0.2, 0.25) is 0 Å². The van der Waals surface area contributed by atoms with Gasteiger partial charge < -0.3 is 18.9 Å².